The van der Waals surface area contributed by atoms with Gasteiger partial charge in [0.1, 0.15) is 17.7 Å². The van der Waals surface area contributed by atoms with E-state index in [4.69, 9.17) is 5.11 Å². The van der Waals surface area contributed by atoms with Crippen molar-refractivity contribution in [1.82, 2.24) is 4.90 Å². The molecule has 2 aliphatic rings. The van der Waals surface area contributed by atoms with Crippen molar-refractivity contribution >= 4 is 29.6 Å². The van der Waals surface area contributed by atoms with Crippen LogP contribution in [0.15, 0.2) is 11.8 Å². The number of carboxylic acid groups (broad SMARTS) is 1. The van der Waals surface area contributed by atoms with E-state index in [1.165, 1.54) is 23.6 Å². The normalized spacial score (nSPS) is 29.6. The first-order chi connectivity index (χ1) is 8.02. The third kappa shape index (κ3) is 2.02. The van der Waals surface area contributed by atoms with Crippen LogP contribution < -0.4 is 0 Å². The van der Waals surface area contributed by atoms with Gasteiger partial charge in [-0.1, -0.05) is 0 Å². The number of fused-ring (bicyclic) bond motifs is 1. The third-order valence-electron chi connectivity index (χ3n) is 2.64. The Morgan fingerprint density at radius 2 is 2.29 bits per heavy atom. The lowest BCUT2D eigenvalue weighted by Gasteiger charge is -2.47. The van der Waals surface area contributed by atoms with Gasteiger partial charge in [0.25, 0.3) is 5.91 Å². The molecule has 2 fully saturated rings. The van der Waals surface area contributed by atoms with Crippen molar-refractivity contribution in [2.75, 3.05) is 5.75 Å². The van der Waals surface area contributed by atoms with Crippen LogP contribution in [0.4, 0.5) is 0 Å². The van der Waals surface area contributed by atoms with Crippen LogP contribution in [0.1, 0.15) is 13.3 Å². The van der Waals surface area contributed by atoms with Gasteiger partial charge in [0.05, 0.1) is 5.57 Å². The summed E-state index contributed by atoms with van der Waals surface area (Å²) in [7, 11) is 0. The molecular weight excluding hydrogens is 246 g/mol. The summed E-state index contributed by atoms with van der Waals surface area (Å²) in [5.74, 6) is -1.19. The average molecular weight is 257 g/mol. The summed E-state index contributed by atoms with van der Waals surface area (Å²) in [6, 6.07) is -0.761. The molecule has 17 heavy (non-hydrogen) atoms. The zero-order chi connectivity index (χ0) is 12.6. The monoisotopic (exact) mass is 257 g/mol. The molecule has 6 nitrogen and oxygen atoms in total. The van der Waals surface area contributed by atoms with Crippen LogP contribution in [0.3, 0.4) is 0 Å². The fraction of sp³-hybridized carbons (Fsp3) is 0.500. The van der Waals surface area contributed by atoms with Crippen molar-refractivity contribution < 1.29 is 24.2 Å². The number of hydrogen-bond donors (Lipinski definition) is 1. The number of amides is 1. The summed E-state index contributed by atoms with van der Waals surface area (Å²) in [6.45, 7) is 1.24. The number of carboxylic acids is 1. The zero-order valence-electron chi connectivity index (χ0n) is 9.08. The summed E-state index contributed by atoms with van der Waals surface area (Å²) in [5, 5.41) is 8.68. The van der Waals surface area contributed by atoms with Crippen LogP contribution in [0.25, 0.3) is 0 Å². The molecule has 2 atom stereocenters. The highest BCUT2D eigenvalue weighted by Crippen LogP contribution is 2.41. The van der Waals surface area contributed by atoms with Gasteiger partial charge in [0, 0.05) is 6.92 Å². The van der Waals surface area contributed by atoms with Gasteiger partial charge in [-0.3, -0.25) is 9.59 Å². The Kier molecular flexibility index (Phi) is 3.10. The van der Waals surface area contributed by atoms with E-state index in [-0.39, 0.29) is 11.3 Å². The van der Waals surface area contributed by atoms with Crippen LogP contribution in [0.2, 0.25) is 0 Å². The van der Waals surface area contributed by atoms with Gasteiger partial charge >= 0.3 is 11.9 Å². The predicted molar refractivity (Wildman–Crippen MR) is 59.0 cm³/mol. The van der Waals surface area contributed by atoms with Gasteiger partial charge in [-0.05, 0) is 12.2 Å². The molecule has 0 radical (unpaired) electrons. The summed E-state index contributed by atoms with van der Waals surface area (Å²) in [5.41, 5.74) is 0.358. The Labute approximate surface area is 102 Å². The molecule has 0 bridgehead atoms. The minimum absolute atomic E-state index is 0.295. The SMILES string of the molecule is CC(=O)OC=C1C(=O)N2C(C(=O)O)CCS[C@@H]12. The van der Waals surface area contributed by atoms with Crippen molar-refractivity contribution in [2.45, 2.75) is 24.8 Å². The van der Waals surface area contributed by atoms with Crippen LogP contribution in [-0.2, 0) is 19.1 Å². The molecule has 1 unspecified atom stereocenters. The van der Waals surface area contributed by atoms with Crippen LogP contribution >= 0.6 is 11.8 Å². The lowest BCUT2D eigenvalue weighted by molar-refractivity contribution is -0.153. The van der Waals surface area contributed by atoms with E-state index >= 15 is 0 Å². The molecule has 7 heteroatoms. The lowest BCUT2D eigenvalue weighted by atomic mass is 10.0. The smallest absolute Gasteiger partial charge is 0.326 e. The Morgan fingerprint density at radius 3 is 2.88 bits per heavy atom. The standard InChI is InChI=1S/C10H11NO5S/c1-5(12)16-4-6-8(13)11-7(10(14)15)2-3-17-9(6)11/h4,7,9H,2-3H2,1H3,(H,14,15)/t7?,9-/m0/s1. The maximum absolute atomic E-state index is 11.7. The van der Waals surface area contributed by atoms with Gasteiger partial charge < -0.3 is 14.7 Å². The van der Waals surface area contributed by atoms with Crippen LogP contribution in [0.5, 0.6) is 0 Å². The van der Waals surface area contributed by atoms with Crippen molar-refractivity contribution in [2.24, 2.45) is 0 Å². The van der Waals surface area contributed by atoms with Crippen molar-refractivity contribution in [3.8, 4) is 0 Å². The Balaban J connectivity index is 2.13. The summed E-state index contributed by atoms with van der Waals surface area (Å²) >= 11 is 1.48. The topological polar surface area (TPSA) is 83.9 Å². The number of carbonyl (C=O) groups excluding carboxylic acids is 2. The molecule has 0 aromatic rings. The number of ether oxygens (including phenoxy) is 1. The van der Waals surface area contributed by atoms with Gasteiger partial charge in [-0.2, -0.15) is 0 Å². The maximum atomic E-state index is 11.7. The number of nitrogens with zero attached hydrogens (tertiary/aromatic N) is 1. The number of rotatable bonds is 2. The number of hydrogen-bond acceptors (Lipinski definition) is 5. The van der Waals surface area contributed by atoms with Crippen LogP contribution in [-0.4, -0.2) is 45.0 Å². The minimum Gasteiger partial charge on any atom is -0.480 e. The Morgan fingerprint density at radius 1 is 1.59 bits per heavy atom. The molecule has 92 valence electrons. The van der Waals surface area contributed by atoms with Gasteiger partial charge in [-0.25, -0.2) is 4.79 Å². The molecule has 2 rings (SSSR count). The van der Waals surface area contributed by atoms with Gasteiger partial charge in [-0.15, -0.1) is 11.8 Å². The third-order valence-corrected chi connectivity index (χ3v) is 3.91. The molecule has 0 aromatic heterocycles. The van der Waals surface area contributed by atoms with Crippen molar-refractivity contribution in [3.05, 3.63) is 11.8 Å². The number of carbonyl (C=O) groups is 3. The number of esters is 1. The molecule has 1 N–H and O–H groups in total. The highest BCUT2D eigenvalue weighted by molar-refractivity contribution is 8.00. The first-order valence-corrected chi connectivity index (χ1v) is 6.11. The quantitative estimate of drug-likeness (QED) is 0.329. The highest BCUT2D eigenvalue weighted by Gasteiger charge is 2.51. The Hall–Kier alpha value is -1.50. The molecule has 2 heterocycles. The van der Waals surface area contributed by atoms with Gasteiger partial charge in [0.2, 0.25) is 0 Å². The molecule has 2 saturated heterocycles. The molecule has 0 aliphatic carbocycles. The molecule has 0 aromatic carbocycles. The second-order valence-electron chi connectivity index (χ2n) is 3.76. The summed E-state index contributed by atoms with van der Waals surface area (Å²) in [6.07, 6.45) is 1.58. The van der Waals surface area contributed by atoms with E-state index in [1.807, 2.05) is 0 Å². The highest BCUT2D eigenvalue weighted by atomic mass is 32.2. The van der Waals surface area contributed by atoms with E-state index in [0.29, 0.717) is 17.7 Å². The van der Waals surface area contributed by atoms with E-state index < -0.39 is 18.0 Å². The molecular formula is C10H11NO5S. The number of thioether (sulfide) groups is 1. The first kappa shape index (κ1) is 12.0. The summed E-state index contributed by atoms with van der Waals surface area (Å²) < 4.78 is 4.65. The number of β-lactam (4-membered cyclic amide) rings is 1. The van der Waals surface area contributed by atoms with Crippen molar-refractivity contribution in [3.63, 3.8) is 0 Å². The fourth-order valence-corrected chi connectivity index (χ4v) is 3.17. The van der Waals surface area contributed by atoms with E-state index in [1.54, 1.807) is 0 Å². The molecule has 1 amide bonds. The predicted octanol–water partition coefficient (Wildman–Crippen LogP) is 0.192. The van der Waals surface area contributed by atoms with Crippen LogP contribution in [0, 0.1) is 0 Å². The van der Waals surface area contributed by atoms with Gasteiger partial charge in [0.15, 0.2) is 0 Å². The molecule has 0 saturated carbocycles. The average Bonchev–Trinajstić information content (AvgIpc) is 2.27. The van der Waals surface area contributed by atoms with E-state index in [9.17, 15) is 14.4 Å². The molecule has 2 aliphatic heterocycles. The minimum atomic E-state index is -0.991. The zero-order valence-corrected chi connectivity index (χ0v) is 9.90. The van der Waals surface area contributed by atoms with E-state index in [2.05, 4.69) is 4.74 Å². The second kappa shape index (κ2) is 4.40. The maximum Gasteiger partial charge on any atom is 0.326 e. The van der Waals surface area contributed by atoms with E-state index in [0.717, 1.165) is 6.26 Å². The number of aliphatic carboxylic acids is 1. The largest absolute Gasteiger partial charge is 0.480 e. The molecule has 0 spiro atoms. The Bertz CT molecular complexity index is 419. The first-order valence-electron chi connectivity index (χ1n) is 5.06. The second-order valence-corrected chi connectivity index (χ2v) is 4.95. The van der Waals surface area contributed by atoms with Crippen molar-refractivity contribution in [1.29, 1.82) is 0 Å². The fourth-order valence-electron chi connectivity index (χ4n) is 1.85. The summed E-state index contributed by atoms with van der Waals surface area (Å²) in [4.78, 5) is 34.6. The lowest BCUT2D eigenvalue weighted by Crippen LogP contribution is -2.62.